The molecule has 0 aliphatic rings. The largest absolute Gasteiger partial charge is 0.480 e. The molecule has 2 unspecified atom stereocenters. The first kappa shape index (κ1) is 25.6. The van der Waals surface area contributed by atoms with Gasteiger partial charge in [0.25, 0.3) is 0 Å². The Kier molecular flexibility index (Phi) is 7.58. The van der Waals surface area contributed by atoms with Gasteiger partial charge in [-0.1, -0.05) is 6.07 Å². The average molecular weight is 478 g/mol. The highest BCUT2D eigenvalue weighted by Crippen LogP contribution is 2.40. The Labute approximate surface area is 181 Å². The minimum Gasteiger partial charge on any atom is -0.480 e. The fourth-order valence-corrected chi connectivity index (χ4v) is 4.33. The standard InChI is InChI=1S/C19H22F4N4O4S/c1-11-8-13(20)2-3-14(11)12-9-26-17(27-10-12)18(30,19(21,22)23)5-7-32(25,31)6-4-15(24)16(28)29/h2-3,8-10,15,25,30H,4-7,24H2,1H3,(H,28,29)/t15-,18?,32?/m0/s1. The highest BCUT2D eigenvalue weighted by molar-refractivity contribution is 7.92. The molecule has 3 atom stereocenters. The summed E-state index contributed by atoms with van der Waals surface area (Å²) >= 11 is 0. The number of aliphatic hydroxyl groups is 1. The Hall–Kier alpha value is -2.64. The highest BCUT2D eigenvalue weighted by Gasteiger charge is 2.57. The van der Waals surface area contributed by atoms with E-state index in [4.69, 9.17) is 15.6 Å². The summed E-state index contributed by atoms with van der Waals surface area (Å²) in [5, 5.41) is 19.1. The van der Waals surface area contributed by atoms with Crippen molar-refractivity contribution in [2.45, 2.75) is 37.6 Å². The van der Waals surface area contributed by atoms with Gasteiger partial charge in [0.05, 0.1) is 0 Å². The average Bonchev–Trinajstić information content (AvgIpc) is 2.69. The third-order valence-corrected chi connectivity index (χ3v) is 6.62. The predicted molar refractivity (Wildman–Crippen MR) is 108 cm³/mol. The topological polar surface area (TPSA) is 150 Å². The number of carboxylic acids is 1. The summed E-state index contributed by atoms with van der Waals surface area (Å²) in [6.45, 7) is 1.60. The van der Waals surface area contributed by atoms with Gasteiger partial charge in [-0.25, -0.2) is 18.6 Å². The smallest absolute Gasteiger partial charge is 0.424 e. The van der Waals surface area contributed by atoms with Crippen LogP contribution >= 0.6 is 0 Å². The highest BCUT2D eigenvalue weighted by atomic mass is 32.2. The van der Waals surface area contributed by atoms with Crippen LogP contribution in [0.2, 0.25) is 0 Å². The van der Waals surface area contributed by atoms with Gasteiger partial charge in [0, 0.05) is 45.6 Å². The van der Waals surface area contributed by atoms with E-state index in [-0.39, 0.29) is 6.42 Å². The molecule has 5 N–H and O–H groups in total. The molecule has 2 rings (SSSR count). The predicted octanol–water partition coefficient (Wildman–Crippen LogP) is 2.58. The normalized spacial score (nSPS) is 16.7. The van der Waals surface area contributed by atoms with Crippen molar-refractivity contribution in [1.82, 2.24) is 9.97 Å². The maximum atomic E-state index is 13.7. The van der Waals surface area contributed by atoms with Crippen LogP contribution in [0.25, 0.3) is 11.1 Å². The number of rotatable bonds is 9. The summed E-state index contributed by atoms with van der Waals surface area (Å²) in [5.74, 6) is -4.29. The molecular weight excluding hydrogens is 456 g/mol. The first-order valence-corrected chi connectivity index (χ1v) is 11.2. The number of halogens is 4. The van der Waals surface area contributed by atoms with E-state index in [1.54, 1.807) is 6.92 Å². The van der Waals surface area contributed by atoms with E-state index in [0.29, 0.717) is 16.7 Å². The van der Waals surface area contributed by atoms with Crippen molar-refractivity contribution < 1.29 is 36.8 Å². The van der Waals surface area contributed by atoms with Crippen LogP contribution in [0.4, 0.5) is 17.6 Å². The number of hydrogen-bond acceptors (Lipinski definition) is 7. The van der Waals surface area contributed by atoms with Gasteiger partial charge in [0.15, 0.2) is 5.82 Å². The van der Waals surface area contributed by atoms with E-state index in [2.05, 4.69) is 9.97 Å². The molecule has 32 heavy (non-hydrogen) atoms. The molecule has 1 heterocycles. The first-order valence-electron chi connectivity index (χ1n) is 9.27. The minimum absolute atomic E-state index is 0.294. The van der Waals surface area contributed by atoms with Crippen molar-refractivity contribution in [3.63, 3.8) is 0 Å². The number of nitrogens with two attached hydrogens (primary N) is 1. The summed E-state index contributed by atoms with van der Waals surface area (Å²) in [5.41, 5.74) is 2.97. The molecule has 2 aromatic rings. The van der Waals surface area contributed by atoms with Crippen molar-refractivity contribution in [2.75, 3.05) is 11.5 Å². The second-order valence-corrected chi connectivity index (χ2v) is 9.76. The zero-order chi connectivity index (χ0) is 24.3. The number of benzene rings is 1. The Balaban J connectivity index is 2.26. The molecule has 0 saturated heterocycles. The van der Waals surface area contributed by atoms with E-state index >= 15 is 0 Å². The van der Waals surface area contributed by atoms with Crippen molar-refractivity contribution >= 4 is 15.7 Å². The van der Waals surface area contributed by atoms with Crippen molar-refractivity contribution in [2.24, 2.45) is 5.73 Å². The van der Waals surface area contributed by atoms with E-state index in [0.717, 1.165) is 12.4 Å². The lowest BCUT2D eigenvalue weighted by molar-refractivity contribution is -0.270. The minimum atomic E-state index is -5.24. The van der Waals surface area contributed by atoms with Gasteiger partial charge in [-0.2, -0.15) is 13.2 Å². The van der Waals surface area contributed by atoms with Crippen LogP contribution in [0.3, 0.4) is 0 Å². The summed E-state index contributed by atoms with van der Waals surface area (Å²) < 4.78 is 74.4. The number of carboxylic acid groups (broad SMARTS) is 1. The number of carbonyl (C=O) groups is 1. The van der Waals surface area contributed by atoms with Gasteiger partial charge >= 0.3 is 12.1 Å². The summed E-state index contributed by atoms with van der Waals surface area (Å²) in [7, 11) is -3.67. The molecular formula is C19H22F4N4O4S. The zero-order valence-electron chi connectivity index (χ0n) is 16.9. The van der Waals surface area contributed by atoms with E-state index < -0.39 is 63.1 Å². The molecule has 0 bridgehead atoms. The third kappa shape index (κ3) is 5.99. The number of aliphatic carboxylic acids is 1. The molecule has 0 amide bonds. The Bertz CT molecular complexity index is 1080. The molecule has 13 heteroatoms. The number of alkyl halides is 3. The number of aromatic nitrogens is 2. The van der Waals surface area contributed by atoms with Gasteiger partial charge in [0.2, 0.25) is 5.60 Å². The van der Waals surface area contributed by atoms with E-state index in [9.17, 15) is 31.7 Å². The molecule has 0 spiro atoms. The second kappa shape index (κ2) is 9.46. The van der Waals surface area contributed by atoms with Crippen LogP contribution in [0, 0.1) is 17.5 Å². The Morgan fingerprint density at radius 3 is 2.34 bits per heavy atom. The van der Waals surface area contributed by atoms with Crippen LogP contribution in [0.1, 0.15) is 24.2 Å². The summed E-state index contributed by atoms with van der Waals surface area (Å²) in [4.78, 5) is 18.0. The van der Waals surface area contributed by atoms with Crippen LogP contribution in [0.5, 0.6) is 0 Å². The number of nitrogens with zero attached hydrogens (tertiary/aromatic N) is 2. The molecule has 0 aliphatic heterocycles. The van der Waals surface area contributed by atoms with Gasteiger partial charge in [-0.15, -0.1) is 0 Å². The lowest BCUT2D eigenvalue weighted by atomic mass is 9.98. The van der Waals surface area contributed by atoms with Crippen molar-refractivity contribution in [3.8, 4) is 11.1 Å². The first-order chi connectivity index (χ1) is 14.7. The Morgan fingerprint density at radius 1 is 1.25 bits per heavy atom. The van der Waals surface area contributed by atoms with Gasteiger partial charge in [-0.05, 0) is 36.6 Å². The molecule has 0 fully saturated rings. The van der Waals surface area contributed by atoms with Crippen LogP contribution in [-0.2, 0) is 20.1 Å². The third-order valence-electron chi connectivity index (χ3n) is 4.86. The number of nitrogens with one attached hydrogen (secondary N) is 1. The second-order valence-electron chi connectivity index (χ2n) is 7.32. The molecule has 8 nitrogen and oxygen atoms in total. The maximum Gasteiger partial charge on any atom is 0.424 e. The molecule has 1 aromatic carbocycles. The van der Waals surface area contributed by atoms with E-state index in [1.807, 2.05) is 0 Å². The van der Waals surface area contributed by atoms with E-state index in [1.165, 1.54) is 18.2 Å². The maximum absolute atomic E-state index is 13.7. The quantitative estimate of drug-likeness (QED) is 0.405. The van der Waals surface area contributed by atoms with Crippen molar-refractivity contribution in [3.05, 3.63) is 47.8 Å². The molecule has 1 aromatic heterocycles. The fraction of sp³-hybridized carbons (Fsp3) is 0.421. The van der Waals surface area contributed by atoms with Crippen LogP contribution < -0.4 is 5.73 Å². The van der Waals surface area contributed by atoms with Gasteiger partial charge in [0.1, 0.15) is 11.9 Å². The van der Waals surface area contributed by atoms with Crippen LogP contribution in [0.15, 0.2) is 30.6 Å². The van der Waals surface area contributed by atoms with Gasteiger partial charge in [-0.3, -0.25) is 9.57 Å². The van der Waals surface area contributed by atoms with Crippen LogP contribution in [-0.4, -0.2) is 54.1 Å². The molecule has 0 aliphatic carbocycles. The van der Waals surface area contributed by atoms with Crippen molar-refractivity contribution in [1.29, 1.82) is 4.78 Å². The molecule has 176 valence electrons. The summed E-state index contributed by atoms with van der Waals surface area (Å²) in [6, 6.07) is 2.41. The fourth-order valence-electron chi connectivity index (χ4n) is 2.87. The van der Waals surface area contributed by atoms with Gasteiger partial charge < -0.3 is 15.9 Å². The summed E-state index contributed by atoms with van der Waals surface area (Å²) in [6.07, 6.45) is -4.69. The molecule has 0 radical (unpaired) electrons. The SMILES string of the molecule is Cc1cc(F)ccc1-c1cnc(C(O)(CCS(=N)(=O)CC[C@H](N)C(=O)O)C(F)(F)F)nc1. The monoisotopic (exact) mass is 478 g/mol. The zero-order valence-corrected chi connectivity index (χ0v) is 17.7. The Morgan fingerprint density at radius 2 is 1.84 bits per heavy atom. The lowest BCUT2D eigenvalue weighted by Crippen LogP contribution is -2.45. The number of aryl methyl sites for hydroxylation is 1. The number of hydrogen-bond donors (Lipinski definition) is 4. The molecule has 0 saturated carbocycles. The lowest BCUT2D eigenvalue weighted by Gasteiger charge is -2.29.